The van der Waals surface area contributed by atoms with E-state index >= 15 is 0 Å². The number of hydrogen-bond donors (Lipinski definition) is 1. The monoisotopic (exact) mass is 291 g/mol. The number of para-hydroxylation sites is 1. The normalized spacial score (nSPS) is 10.5. The molecule has 0 atom stereocenters. The van der Waals surface area contributed by atoms with Crippen molar-refractivity contribution in [1.82, 2.24) is 9.55 Å². The molecule has 22 heavy (non-hydrogen) atoms. The van der Waals surface area contributed by atoms with Crippen LogP contribution in [0.1, 0.15) is 21.7 Å². The number of benzene rings is 1. The summed E-state index contributed by atoms with van der Waals surface area (Å²) in [4.78, 5) is 16.4. The average molecular weight is 291 g/mol. The molecule has 0 saturated heterocycles. The van der Waals surface area contributed by atoms with E-state index < -0.39 is 0 Å². The summed E-state index contributed by atoms with van der Waals surface area (Å²) in [5.41, 5.74) is 4.43. The first-order valence-electron chi connectivity index (χ1n) is 7.12. The highest BCUT2D eigenvalue weighted by molar-refractivity contribution is 6.05. The third-order valence-electron chi connectivity index (χ3n) is 3.63. The van der Waals surface area contributed by atoms with Crippen molar-refractivity contribution in [2.75, 3.05) is 5.32 Å². The summed E-state index contributed by atoms with van der Waals surface area (Å²) in [5.74, 6) is -0.110. The summed E-state index contributed by atoms with van der Waals surface area (Å²) in [6, 6.07) is 15.5. The fraction of sp³-hybridized carbons (Fsp3) is 0.111. The second-order valence-corrected chi connectivity index (χ2v) is 5.15. The Balaban J connectivity index is 1.94. The Bertz CT molecular complexity index is 792. The standard InChI is InChI=1S/C18H17N3O/c1-13-12-17(18(22)20-15-8-10-19-11-9-15)14(2)21(13)16-6-4-3-5-7-16/h3-12H,1-2H3,(H,19,20,22). The zero-order chi connectivity index (χ0) is 15.5. The Kier molecular flexibility index (Phi) is 3.74. The SMILES string of the molecule is Cc1cc(C(=O)Nc2ccncc2)c(C)n1-c1ccccc1. The molecule has 1 amide bonds. The number of nitrogens with zero attached hydrogens (tertiary/aromatic N) is 2. The van der Waals surface area contributed by atoms with Gasteiger partial charge in [0, 0.05) is 35.2 Å². The van der Waals surface area contributed by atoms with Gasteiger partial charge in [-0.15, -0.1) is 0 Å². The number of amides is 1. The van der Waals surface area contributed by atoms with Crippen LogP contribution in [-0.4, -0.2) is 15.5 Å². The zero-order valence-electron chi connectivity index (χ0n) is 12.6. The first-order chi connectivity index (χ1) is 10.7. The van der Waals surface area contributed by atoms with Gasteiger partial charge in [-0.3, -0.25) is 9.78 Å². The number of anilines is 1. The number of rotatable bonds is 3. The smallest absolute Gasteiger partial charge is 0.257 e. The number of carbonyl (C=O) groups is 1. The van der Waals surface area contributed by atoms with Crippen LogP contribution < -0.4 is 5.32 Å². The molecule has 0 spiro atoms. The molecule has 3 rings (SSSR count). The molecule has 2 aromatic heterocycles. The molecule has 0 aliphatic rings. The van der Waals surface area contributed by atoms with E-state index in [9.17, 15) is 4.79 Å². The summed E-state index contributed by atoms with van der Waals surface area (Å²) in [5, 5.41) is 2.90. The minimum atomic E-state index is -0.110. The number of aromatic nitrogens is 2. The second-order valence-electron chi connectivity index (χ2n) is 5.15. The van der Waals surface area contributed by atoms with E-state index in [0.29, 0.717) is 5.56 Å². The van der Waals surface area contributed by atoms with Crippen LogP contribution in [0.25, 0.3) is 5.69 Å². The van der Waals surface area contributed by atoms with E-state index in [0.717, 1.165) is 22.8 Å². The molecular formula is C18H17N3O. The Hall–Kier alpha value is -2.88. The second kappa shape index (κ2) is 5.85. The highest BCUT2D eigenvalue weighted by atomic mass is 16.1. The van der Waals surface area contributed by atoms with E-state index in [1.54, 1.807) is 24.5 Å². The third-order valence-corrected chi connectivity index (χ3v) is 3.63. The van der Waals surface area contributed by atoms with Crippen molar-refractivity contribution in [1.29, 1.82) is 0 Å². The molecular weight excluding hydrogens is 274 g/mol. The van der Waals surface area contributed by atoms with Crippen LogP contribution in [0.3, 0.4) is 0 Å². The molecule has 0 radical (unpaired) electrons. The first kappa shape index (κ1) is 14.1. The van der Waals surface area contributed by atoms with E-state index in [-0.39, 0.29) is 5.91 Å². The lowest BCUT2D eigenvalue weighted by Gasteiger charge is -2.10. The van der Waals surface area contributed by atoms with Crippen LogP contribution in [0.15, 0.2) is 60.9 Å². The van der Waals surface area contributed by atoms with Gasteiger partial charge in [-0.1, -0.05) is 18.2 Å². The summed E-state index contributed by atoms with van der Waals surface area (Å²) >= 11 is 0. The average Bonchev–Trinajstić information content (AvgIpc) is 2.84. The number of aryl methyl sites for hydroxylation is 1. The Labute approximate surface area is 129 Å². The molecule has 0 unspecified atom stereocenters. The van der Waals surface area contributed by atoms with Gasteiger partial charge in [0.15, 0.2) is 0 Å². The van der Waals surface area contributed by atoms with Gasteiger partial charge in [0.25, 0.3) is 5.91 Å². The summed E-state index contributed by atoms with van der Waals surface area (Å²) in [6.45, 7) is 3.96. The van der Waals surface area contributed by atoms with Gasteiger partial charge in [-0.05, 0) is 44.2 Å². The highest BCUT2D eigenvalue weighted by Crippen LogP contribution is 2.21. The fourth-order valence-corrected chi connectivity index (χ4v) is 2.60. The van der Waals surface area contributed by atoms with Crippen molar-refractivity contribution < 1.29 is 4.79 Å². The molecule has 2 heterocycles. The predicted octanol–water partition coefficient (Wildman–Crippen LogP) is 3.74. The van der Waals surface area contributed by atoms with Crippen molar-refractivity contribution in [3.05, 3.63) is 77.9 Å². The van der Waals surface area contributed by atoms with Gasteiger partial charge in [-0.25, -0.2) is 0 Å². The number of pyridine rings is 1. The molecule has 3 aromatic rings. The molecule has 0 fully saturated rings. The van der Waals surface area contributed by atoms with Gasteiger partial charge in [0.05, 0.1) is 5.56 Å². The maximum Gasteiger partial charge on any atom is 0.257 e. The minimum Gasteiger partial charge on any atom is -0.322 e. The van der Waals surface area contributed by atoms with Gasteiger partial charge in [0.2, 0.25) is 0 Å². The van der Waals surface area contributed by atoms with Gasteiger partial charge < -0.3 is 9.88 Å². The fourth-order valence-electron chi connectivity index (χ4n) is 2.60. The van der Waals surface area contributed by atoms with E-state index in [1.807, 2.05) is 50.2 Å². The van der Waals surface area contributed by atoms with Gasteiger partial charge >= 0.3 is 0 Å². The molecule has 1 N–H and O–H groups in total. The topological polar surface area (TPSA) is 46.9 Å². The maximum absolute atomic E-state index is 12.5. The predicted molar refractivity (Wildman–Crippen MR) is 87.4 cm³/mol. The summed E-state index contributed by atoms with van der Waals surface area (Å²) in [6.07, 6.45) is 3.31. The van der Waals surface area contributed by atoms with Crippen molar-refractivity contribution in [3.63, 3.8) is 0 Å². The lowest BCUT2D eigenvalue weighted by Crippen LogP contribution is -2.13. The van der Waals surface area contributed by atoms with Gasteiger partial charge in [-0.2, -0.15) is 0 Å². The van der Waals surface area contributed by atoms with Crippen LogP contribution in [0.5, 0.6) is 0 Å². The Morgan fingerprint density at radius 3 is 2.41 bits per heavy atom. The lowest BCUT2D eigenvalue weighted by molar-refractivity contribution is 0.102. The number of nitrogens with one attached hydrogen (secondary N) is 1. The molecule has 0 saturated carbocycles. The summed E-state index contributed by atoms with van der Waals surface area (Å²) < 4.78 is 2.08. The third kappa shape index (κ3) is 2.63. The molecule has 110 valence electrons. The lowest BCUT2D eigenvalue weighted by atomic mass is 10.2. The Morgan fingerprint density at radius 2 is 1.73 bits per heavy atom. The maximum atomic E-state index is 12.5. The van der Waals surface area contributed by atoms with Crippen molar-refractivity contribution in [3.8, 4) is 5.69 Å². The minimum absolute atomic E-state index is 0.110. The molecule has 0 aliphatic carbocycles. The van der Waals surface area contributed by atoms with Crippen LogP contribution >= 0.6 is 0 Å². The molecule has 0 bridgehead atoms. The number of hydrogen-bond acceptors (Lipinski definition) is 2. The van der Waals surface area contributed by atoms with Gasteiger partial charge in [0.1, 0.15) is 0 Å². The number of carbonyl (C=O) groups excluding carboxylic acids is 1. The van der Waals surface area contributed by atoms with E-state index in [2.05, 4.69) is 14.9 Å². The molecule has 4 heteroatoms. The summed E-state index contributed by atoms with van der Waals surface area (Å²) in [7, 11) is 0. The van der Waals surface area contributed by atoms with Crippen LogP contribution in [0.4, 0.5) is 5.69 Å². The Morgan fingerprint density at radius 1 is 1.05 bits per heavy atom. The quantitative estimate of drug-likeness (QED) is 0.799. The van der Waals surface area contributed by atoms with Crippen molar-refractivity contribution >= 4 is 11.6 Å². The van der Waals surface area contributed by atoms with Crippen molar-refractivity contribution in [2.24, 2.45) is 0 Å². The van der Waals surface area contributed by atoms with E-state index in [4.69, 9.17) is 0 Å². The van der Waals surface area contributed by atoms with E-state index in [1.165, 1.54) is 0 Å². The zero-order valence-corrected chi connectivity index (χ0v) is 12.6. The molecule has 1 aromatic carbocycles. The van der Waals surface area contributed by atoms with Crippen LogP contribution in [-0.2, 0) is 0 Å². The highest BCUT2D eigenvalue weighted by Gasteiger charge is 2.16. The first-order valence-corrected chi connectivity index (χ1v) is 7.12. The van der Waals surface area contributed by atoms with Crippen LogP contribution in [0.2, 0.25) is 0 Å². The van der Waals surface area contributed by atoms with Crippen LogP contribution in [0, 0.1) is 13.8 Å². The van der Waals surface area contributed by atoms with Crippen molar-refractivity contribution in [2.45, 2.75) is 13.8 Å². The largest absolute Gasteiger partial charge is 0.322 e. The molecule has 0 aliphatic heterocycles. The molecule has 4 nitrogen and oxygen atoms in total.